The van der Waals surface area contributed by atoms with Crippen molar-refractivity contribution in [3.05, 3.63) is 47.3 Å². The van der Waals surface area contributed by atoms with Gasteiger partial charge in [0, 0.05) is 19.3 Å². The Bertz CT molecular complexity index is 1040. The van der Waals surface area contributed by atoms with Gasteiger partial charge in [0.1, 0.15) is 5.54 Å². The first-order chi connectivity index (χ1) is 14.1. The van der Waals surface area contributed by atoms with Crippen molar-refractivity contribution in [2.45, 2.75) is 56.9 Å². The molecule has 30 heavy (non-hydrogen) atoms. The van der Waals surface area contributed by atoms with Crippen LogP contribution in [0.15, 0.2) is 35.2 Å². The normalized spacial score (nSPS) is 18.7. The van der Waals surface area contributed by atoms with Gasteiger partial charge in [-0.15, -0.1) is 0 Å². The molecular formula is C21H28N4O4S. The molecule has 0 radical (unpaired) electrons. The smallest absolute Gasteiger partial charge is 0.275 e. The molecule has 0 aliphatic carbocycles. The summed E-state index contributed by atoms with van der Waals surface area (Å²) in [4.78, 5) is 27.0. The molecule has 9 heteroatoms. The lowest BCUT2D eigenvalue weighted by atomic mass is 9.85. The van der Waals surface area contributed by atoms with E-state index in [1.807, 2.05) is 6.92 Å². The first kappa shape index (κ1) is 22.0. The number of nitrogens with zero attached hydrogens (tertiary/aromatic N) is 3. The van der Waals surface area contributed by atoms with Gasteiger partial charge in [-0.1, -0.05) is 25.5 Å². The molecule has 1 aromatic heterocycles. The summed E-state index contributed by atoms with van der Waals surface area (Å²) in [5, 5.41) is 4.17. The number of aryl methyl sites for hydroxylation is 3. The second-order valence-corrected chi connectivity index (χ2v) is 9.64. The van der Waals surface area contributed by atoms with Crippen molar-refractivity contribution in [2.24, 2.45) is 7.05 Å². The highest BCUT2D eigenvalue weighted by Gasteiger charge is 2.51. The fourth-order valence-electron chi connectivity index (χ4n) is 3.43. The molecule has 0 bridgehead atoms. The van der Waals surface area contributed by atoms with Crippen LogP contribution in [0.25, 0.3) is 0 Å². The zero-order valence-electron chi connectivity index (χ0n) is 17.8. The van der Waals surface area contributed by atoms with Crippen molar-refractivity contribution in [1.82, 2.24) is 19.4 Å². The molecule has 2 aromatic rings. The third-order valence-electron chi connectivity index (χ3n) is 5.76. The van der Waals surface area contributed by atoms with Gasteiger partial charge in [-0.25, -0.2) is 13.1 Å². The van der Waals surface area contributed by atoms with E-state index in [0.717, 1.165) is 30.5 Å². The highest BCUT2D eigenvalue weighted by atomic mass is 32.2. The monoisotopic (exact) mass is 432 g/mol. The number of nitrogens with one attached hydrogen (secondary N) is 1. The average Bonchev–Trinajstić information content (AvgIpc) is 3.03. The van der Waals surface area contributed by atoms with E-state index in [1.54, 1.807) is 36.9 Å². The molecule has 0 saturated carbocycles. The molecule has 2 amide bonds. The number of rotatable bonds is 7. The molecule has 2 heterocycles. The molecule has 1 aromatic carbocycles. The highest BCUT2D eigenvalue weighted by Crippen LogP contribution is 2.32. The van der Waals surface area contributed by atoms with Crippen LogP contribution in [0.2, 0.25) is 0 Å². The molecule has 1 saturated heterocycles. The summed E-state index contributed by atoms with van der Waals surface area (Å²) in [6, 6.07) is 8.18. The van der Waals surface area contributed by atoms with Crippen LogP contribution in [0.4, 0.5) is 0 Å². The van der Waals surface area contributed by atoms with Gasteiger partial charge >= 0.3 is 0 Å². The molecule has 8 nitrogen and oxygen atoms in total. The van der Waals surface area contributed by atoms with E-state index in [-0.39, 0.29) is 16.5 Å². The molecule has 1 aliphatic heterocycles. The van der Waals surface area contributed by atoms with Crippen LogP contribution in [-0.2, 0) is 28.3 Å². The minimum atomic E-state index is -4.03. The molecule has 0 spiro atoms. The molecule has 1 fully saturated rings. The first-order valence-electron chi connectivity index (χ1n) is 10.1. The Morgan fingerprint density at radius 1 is 1.23 bits per heavy atom. The van der Waals surface area contributed by atoms with Crippen LogP contribution in [0.1, 0.15) is 54.9 Å². The summed E-state index contributed by atoms with van der Waals surface area (Å²) in [5.41, 5.74) is 0.862. The fourth-order valence-corrected chi connectivity index (χ4v) is 4.51. The maximum Gasteiger partial charge on any atom is 0.275 e. The van der Waals surface area contributed by atoms with Gasteiger partial charge in [-0.05, 0) is 56.9 Å². The number of likely N-dealkylation sites (tertiary alicyclic amines) is 1. The molecule has 162 valence electrons. The second kappa shape index (κ2) is 8.22. The summed E-state index contributed by atoms with van der Waals surface area (Å²) in [6.45, 7) is 5.86. The van der Waals surface area contributed by atoms with Gasteiger partial charge < -0.3 is 4.90 Å². The van der Waals surface area contributed by atoms with Crippen LogP contribution in [0.5, 0.6) is 0 Å². The standard InChI is InChI=1S/C21H28N4O4S/c1-5-6-7-16-8-10-17(11-9-16)30(28,29)23-20(27)21(3)12-13-25(21)19(26)18-14-15(2)24(4)22-18/h8-11,14H,5-7,12-13H2,1-4H3,(H,23,27). The van der Waals surface area contributed by atoms with Gasteiger partial charge in [-0.3, -0.25) is 14.3 Å². The quantitative estimate of drug-likeness (QED) is 0.723. The average molecular weight is 433 g/mol. The number of benzene rings is 1. The predicted octanol–water partition coefficient (Wildman–Crippen LogP) is 2.18. The Hall–Kier alpha value is -2.68. The number of hydrogen-bond acceptors (Lipinski definition) is 5. The van der Waals surface area contributed by atoms with Crippen molar-refractivity contribution in [1.29, 1.82) is 0 Å². The zero-order valence-corrected chi connectivity index (χ0v) is 18.6. The SMILES string of the molecule is CCCCc1ccc(S(=O)(=O)NC(=O)C2(C)CCN2C(=O)c2cc(C)n(C)n2)cc1. The molecule has 1 N–H and O–H groups in total. The van der Waals surface area contributed by atoms with E-state index in [1.165, 1.54) is 17.0 Å². The fraction of sp³-hybridized carbons (Fsp3) is 0.476. The topological polar surface area (TPSA) is 101 Å². The lowest BCUT2D eigenvalue weighted by molar-refractivity contribution is -0.135. The van der Waals surface area contributed by atoms with Gasteiger partial charge in [0.15, 0.2) is 5.69 Å². The lowest BCUT2D eigenvalue weighted by Crippen LogP contribution is -2.67. The summed E-state index contributed by atoms with van der Waals surface area (Å²) in [5.74, 6) is -1.11. The van der Waals surface area contributed by atoms with Crippen molar-refractivity contribution in [2.75, 3.05) is 6.54 Å². The third-order valence-corrected chi connectivity index (χ3v) is 7.11. The number of unbranched alkanes of at least 4 members (excludes halogenated alkanes) is 1. The Labute approximate surface area is 177 Å². The zero-order chi connectivity index (χ0) is 22.1. The highest BCUT2D eigenvalue weighted by molar-refractivity contribution is 7.90. The largest absolute Gasteiger partial charge is 0.323 e. The summed E-state index contributed by atoms with van der Waals surface area (Å²) >= 11 is 0. The predicted molar refractivity (Wildman–Crippen MR) is 112 cm³/mol. The van der Waals surface area contributed by atoms with E-state index in [4.69, 9.17) is 0 Å². The summed E-state index contributed by atoms with van der Waals surface area (Å²) in [7, 11) is -2.30. The maximum absolute atomic E-state index is 12.9. The van der Waals surface area contributed by atoms with Crippen molar-refractivity contribution >= 4 is 21.8 Å². The minimum absolute atomic E-state index is 0.0252. The van der Waals surface area contributed by atoms with Crippen LogP contribution in [0, 0.1) is 6.92 Å². The summed E-state index contributed by atoms with van der Waals surface area (Å²) < 4.78 is 29.1. The number of aromatic nitrogens is 2. The molecular weight excluding hydrogens is 404 g/mol. The van der Waals surface area contributed by atoms with E-state index in [0.29, 0.717) is 13.0 Å². The summed E-state index contributed by atoms with van der Waals surface area (Å²) in [6.07, 6.45) is 3.34. The van der Waals surface area contributed by atoms with E-state index in [9.17, 15) is 18.0 Å². The van der Waals surface area contributed by atoms with Crippen LogP contribution in [-0.4, -0.2) is 47.0 Å². The molecule has 1 unspecified atom stereocenters. The van der Waals surface area contributed by atoms with Gasteiger partial charge in [0.25, 0.3) is 21.8 Å². The number of carbonyl (C=O) groups excluding carboxylic acids is 2. The van der Waals surface area contributed by atoms with Crippen molar-refractivity contribution < 1.29 is 18.0 Å². The number of amides is 2. The van der Waals surface area contributed by atoms with E-state index >= 15 is 0 Å². The Balaban J connectivity index is 1.73. The molecule has 1 atom stereocenters. The molecule has 3 rings (SSSR count). The van der Waals surface area contributed by atoms with Gasteiger partial charge in [-0.2, -0.15) is 5.10 Å². The lowest BCUT2D eigenvalue weighted by Gasteiger charge is -2.48. The van der Waals surface area contributed by atoms with E-state index < -0.39 is 21.5 Å². The van der Waals surface area contributed by atoms with Crippen molar-refractivity contribution in [3.8, 4) is 0 Å². The van der Waals surface area contributed by atoms with Gasteiger partial charge in [0.2, 0.25) is 0 Å². The Kier molecular flexibility index (Phi) is 6.03. The van der Waals surface area contributed by atoms with E-state index in [2.05, 4.69) is 16.7 Å². The minimum Gasteiger partial charge on any atom is -0.323 e. The molecule has 1 aliphatic rings. The number of carbonyl (C=O) groups is 2. The van der Waals surface area contributed by atoms with Crippen molar-refractivity contribution in [3.63, 3.8) is 0 Å². The number of hydrogen-bond donors (Lipinski definition) is 1. The second-order valence-electron chi connectivity index (χ2n) is 7.96. The third kappa shape index (κ3) is 4.12. The Morgan fingerprint density at radius 3 is 2.40 bits per heavy atom. The number of sulfonamides is 1. The van der Waals surface area contributed by atoms with Crippen LogP contribution >= 0.6 is 0 Å². The van der Waals surface area contributed by atoms with Gasteiger partial charge in [0.05, 0.1) is 4.90 Å². The maximum atomic E-state index is 12.9. The van der Waals surface area contributed by atoms with Crippen LogP contribution < -0.4 is 4.72 Å². The van der Waals surface area contributed by atoms with Crippen LogP contribution in [0.3, 0.4) is 0 Å². The Morgan fingerprint density at radius 2 is 1.90 bits per heavy atom. The first-order valence-corrected chi connectivity index (χ1v) is 11.6.